The van der Waals surface area contributed by atoms with E-state index in [0.717, 1.165) is 49.9 Å². The summed E-state index contributed by atoms with van der Waals surface area (Å²) in [5.41, 5.74) is 4.95. The van der Waals surface area contributed by atoms with Gasteiger partial charge in [0.25, 0.3) is 0 Å². The van der Waals surface area contributed by atoms with Crippen LogP contribution in [-0.2, 0) is 0 Å². The van der Waals surface area contributed by atoms with Crippen LogP contribution in [0, 0.1) is 13.8 Å². The van der Waals surface area contributed by atoms with Crippen molar-refractivity contribution in [3.63, 3.8) is 0 Å². The highest BCUT2D eigenvalue weighted by atomic mass is 32.1. The minimum absolute atomic E-state index is 0.783. The molecule has 0 amide bonds. The van der Waals surface area contributed by atoms with E-state index in [0.29, 0.717) is 0 Å². The van der Waals surface area contributed by atoms with Gasteiger partial charge in [0.1, 0.15) is 11.5 Å². The Bertz CT molecular complexity index is 1040. The summed E-state index contributed by atoms with van der Waals surface area (Å²) in [6.07, 6.45) is 0. The first-order valence-corrected chi connectivity index (χ1v) is 8.46. The maximum atomic E-state index is 5.41. The van der Waals surface area contributed by atoms with Crippen LogP contribution in [0.1, 0.15) is 11.5 Å². The molecule has 0 aliphatic heterocycles. The molecule has 2 aromatic heterocycles. The van der Waals surface area contributed by atoms with Gasteiger partial charge in [0, 0.05) is 16.0 Å². The van der Waals surface area contributed by atoms with Gasteiger partial charge in [-0.25, -0.2) is 0 Å². The van der Waals surface area contributed by atoms with Gasteiger partial charge in [-0.3, -0.25) is 0 Å². The number of benzene rings is 2. The zero-order valence-corrected chi connectivity index (χ0v) is 15.2. The molecule has 0 saturated heterocycles. The van der Waals surface area contributed by atoms with Gasteiger partial charge in [0.2, 0.25) is 0 Å². The molecule has 0 aliphatic rings. The lowest BCUT2D eigenvalue weighted by Gasteiger charge is -2.12. The summed E-state index contributed by atoms with van der Waals surface area (Å²) in [6.45, 7) is 3.88. The number of methoxy groups -OCH3 is 1. The van der Waals surface area contributed by atoms with E-state index in [1.165, 1.54) is 0 Å². The van der Waals surface area contributed by atoms with Crippen molar-refractivity contribution in [1.29, 1.82) is 0 Å². The fraction of sp³-hybridized carbons (Fsp3) is 0.150. The summed E-state index contributed by atoms with van der Waals surface area (Å²) in [6, 6.07) is 16.2. The van der Waals surface area contributed by atoms with Crippen LogP contribution < -0.4 is 4.74 Å². The maximum Gasteiger partial charge on any atom is 0.143 e. The number of hydrogen-bond acceptors (Lipinski definition) is 4. The van der Waals surface area contributed by atoms with Crippen LogP contribution in [0.3, 0.4) is 0 Å². The predicted octanol–water partition coefficient (Wildman–Crippen LogP) is 5.20. The molecule has 0 radical (unpaired) electrons. The average Bonchev–Trinajstić information content (AvgIpc) is 3.12. The average molecular weight is 350 g/mol. The van der Waals surface area contributed by atoms with Gasteiger partial charge in [0.15, 0.2) is 0 Å². The molecule has 4 aromatic rings. The molecule has 5 heteroatoms. The molecule has 0 aliphatic carbocycles. The van der Waals surface area contributed by atoms with E-state index >= 15 is 0 Å². The van der Waals surface area contributed by atoms with E-state index in [9.17, 15) is 0 Å². The van der Waals surface area contributed by atoms with Crippen LogP contribution in [0.2, 0.25) is 0 Å². The van der Waals surface area contributed by atoms with E-state index in [4.69, 9.17) is 21.9 Å². The third kappa shape index (κ3) is 2.43. The number of fused-ring (bicyclic) bond motifs is 1. The Hall–Kier alpha value is -2.66. The monoisotopic (exact) mass is 350 g/mol. The van der Waals surface area contributed by atoms with Crippen molar-refractivity contribution in [2.75, 3.05) is 7.11 Å². The maximum absolute atomic E-state index is 5.41. The third-order valence-electron chi connectivity index (χ3n) is 4.45. The van der Waals surface area contributed by atoms with E-state index in [2.05, 4.69) is 21.9 Å². The van der Waals surface area contributed by atoms with Crippen molar-refractivity contribution >= 4 is 23.5 Å². The van der Waals surface area contributed by atoms with Gasteiger partial charge in [-0.1, -0.05) is 23.4 Å². The topological polar surface area (TPSA) is 40.2 Å². The Labute approximate surface area is 151 Å². The van der Waals surface area contributed by atoms with Crippen molar-refractivity contribution in [2.24, 2.45) is 0 Å². The fourth-order valence-corrected chi connectivity index (χ4v) is 3.67. The summed E-state index contributed by atoms with van der Waals surface area (Å²) in [5.74, 6) is 1.61. The molecule has 126 valence electrons. The van der Waals surface area contributed by atoms with Gasteiger partial charge in [0.05, 0.1) is 29.6 Å². The highest BCUT2D eigenvalue weighted by Gasteiger charge is 2.23. The van der Waals surface area contributed by atoms with Gasteiger partial charge in [-0.2, -0.15) is 0 Å². The normalized spacial score (nSPS) is 11.2. The number of aromatic nitrogens is 2. The van der Waals surface area contributed by atoms with Crippen molar-refractivity contribution in [1.82, 2.24) is 9.72 Å². The van der Waals surface area contributed by atoms with Crippen LogP contribution in [0.15, 0.2) is 57.9 Å². The second-order valence-electron chi connectivity index (χ2n) is 5.95. The van der Waals surface area contributed by atoms with Crippen LogP contribution in [0.25, 0.3) is 27.8 Å². The second-order valence-corrected chi connectivity index (χ2v) is 6.39. The number of rotatable bonds is 3. The third-order valence-corrected chi connectivity index (χ3v) is 4.90. The molecular weight excluding hydrogens is 332 g/mol. The molecule has 0 saturated carbocycles. The highest BCUT2D eigenvalue weighted by Crippen LogP contribution is 2.41. The van der Waals surface area contributed by atoms with Crippen LogP contribution in [0.4, 0.5) is 0 Å². The highest BCUT2D eigenvalue weighted by molar-refractivity contribution is 7.80. The first kappa shape index (κ1) is 15.8. The number of ether oxygens (including phenoxy) is 1. The molecule has 2 aromatic carbocycles. The van der Waals surface area contributed by atoms with Crippen molar-refractivity contribution in [2.45, 2.75) is 18.7 Å². The van der Waals surface area contributed by atoms with Crippen molar-refractivity contribution in [3.05, 3.63) is 60.0 Å². The zero-order chi connectivity index (χ0) is 17.6. The van der Waals surface area contributed by atoms with Gasteiger partial charge in [-0.05, 0) is 44.2 Å². The predicted molar refractivity (Wildman–Crippen MR) is 102 cm³/mol. The van der Waals surface area contributed by atoms with Gasteiger partial charge < -0.3 is 13.8 Å². The quantitative estimate of drug-likeness (QED) is 0.516. The van der Waals surface area contributed by atoms with Crippen molar-refractivity contribution < 1.29 is 9.26 Å². The van der Waals surface area contributed by atoms with Crippen molar-refractivity contribution in [3.8, 4) is 22.7 Å². The van der Waals surface area contributed by atoms with Gasteiger partial charge >= 0.3 is 0 Å². The minimum atomic E-state index is 0.783. The molecule has 0 bridgehead atoms. The minimum Gasteiger partial charge on any atom is -0.497 e. The number of para-hydroxylation sites is 1. The molecule has 0 atom stereocenters. The molecule has 0 fully saturated rings. The number of aryl methyl sites for hydroxylation is 2. The Morgan fingerprint density at radius 2 is 1.76 bits per heavy atom. The Morgan fingerprint density at radius 1 is 1.04 bits per heavy atom. The van der Waals surface area contributed by atoms with Crippen LogP contribution >= 0.6 is 12.6 Å². The fourth-order valence-electron chi connectivity index (χ4n) is 3.27. The zero-order valence-electron chi connectivity index (χ0n) is 14.3. The van der Waals surface area contributed by atoms with E-state index in [1.807, 2.05) is 50.2 Å². The van der Waals surface area contributed by atoms with Crippen LogP contribution in [0.5, 0.6) is 5.75 Å². The molecular formula is C20H18N2O2S. The van der Waals surface area contributed by atoms with E-state index in [-0.39, 0.29) is 0 Å². The number of hydrogen-bond donors (Lipinski definition) is 1. The summed E-state index contributed by atoms with van der Waals surface area (Å²) >= 11 is 4.84. The van der Waals surface area contributed by atoms with Crippen LogP contribution in [-0.4, -0.2) is 16.8 Å². The largest absolute Gasteiger partial charge is 0.497 e. The summed E-state index contributed by atoms with van der Waals surface area (Å²) in [5, 5.41) is 5.22. The van der Waals surface area contributed by atoms with E-state index < -0.39 is 0 Å². The molecule has 25 heavy (non-hydrogen) atoms. The molecule has 2 heterocycles. The van der Waals surface area contributed by atoms with E-state index in [1.54, 1.807) is 7.11 Å². The molecule has 0 spiro atoms. The standard InChI is InChI=1S/C20H18N2O2S/c1-12-18(13(2)24-21-12)19-20(25)16-6-4-5-7-17(16)22(19)14-8-10-15(23-3)11-9-14/h4-11,25H,1-3H3. The molecule has 4 rings (SSSR count). The molecule has 0 unspecified atom stereocenters. The molecule has 4 nitrogen and oxygen atoms in total. The molecule has 0 N–H and O–H groups in total. The lowest BCUT2D eigenvalue weighted by molar-refractivity contribution is 0.393. The summed E-state index contributed by atoms with van der Waals surface area (Å²) < 4.78 is 12.9. The second kappa shape index (κ2) is 6.01. The first-order chi connectivity index (χ1) is 12.1. The SMILES string of the molecule is COc1ccc(-n2c(-c3c(C)noc3C)c(S)c3ccccc32)cc1. The lowest BCUT2D eigenvalue weighted by Crippen LogP contribution is -1.98. The smallest absolute Gasteiger partial charge is 0.143 e. The number of nitrogens with zero attached hydrogens (tertiary/aromatic N) is 2. The number of thiol groups is 1. The first-order valence-electron chi connectivity index (χ1n) is 8.02. The Morgan fingerprint density at radius 3 is 2.40 bits per heavy atom. The Balaban J connectivity index is 2.09. The Kier molecular flexibility index (Phi) is 3.81. The lowest BCUT2D eigenvalue weighted by atomic mass is 10.1. The summed E-state index contributed by atoms with van der Waals surface area (Å²) in [4.78, 5) is 0.917. The summed E-state index contributed by atoms with van der Waals surface area (Å²) in [7, 11) is 1.67. The van der Waals surface area contributed by atoms with Gasteiger partial charge in [-0.15, -0.1) is 12.6 Å².